The maximum Gasteiger partial charge on any atom is 0.416 e. The van der Waals surface area contributed by atoms with E-state index >= 15 is 0 Å². The van der Waals surface area contributed by atoms with Crippen molar-refractivity contribution in [2.45, 2.75) is 24.9 Å². The number of rotatable bonds is 6. The zero-order valence-electron chi connectivity index (χ0n) is 17.2. The molecule has 33 heavy (non-hydrogen) atoms. The highest BCUT2D eigenvalue weighted by atomic mass is 35.5. The second kappa shape index (κ2) is 9.32. The average Bonchev–Trinajstić information content (AvgIpc) is 3.44. The van der Waals surface area contributed by atoms with Crippen LogP contribution in [-0.4, -0.2) is 50.0 Å². The van der Waals surface area contributed by atoms with Gasteiger partial charge in [-0.1, -0.05) is 23.4 Å². The fraction of sp³-hybridized carbons (Fsp3) is 0.273. The summed E-state index contributed by atoms with van der Waals surface area (Å²) in [7, 11) is 0. The van der Waals surface area contributed by atoms with Crippen LogP contribution in [0, 0.1) is 0 Å². The Morgan fingerprint density at radius 1 is 1.30 bits per heavy atom. The van der Waals surface area contributed by atoms with E-state index in [0.29, 0.717) is 5.69 Å². The average molecular weight is 478 g/mol. The van der Waals surface area contributed by atoms with Gasteiger partial charge in [0.1, 0.15) is 5.69 Å². The minimum atomic E-state index is -4.52. The summed E-state index contributed by atoms with van der Waals surface area (Å²) in [5.74, 6) is -0.277. The number of carbonyl (C=O) groups is 1. The van der Waals surface area contributed by atoms with Crippen molar-refractivity contribution in [3.05, 3.63) is 77.7 Å². The molecule has 172 valence electrons. The van der Waals surface area contributed by atoms with Gasteiger partial charge >= 0.3 is 6.18 Å². The van der Waals surface area contributed by atoms with Gasteiger partial charge in [-0.25, -0.2) is 4.68 Å². The first-order chi connectivity index (χ1) is 15.7. The molecule has 0 radical (unpaired) electrons. The van der Waals surface area contributed by atoms with Gasteiger partial charge in [-0.2, -0.15) is 13.2 Å². The van der Waals surface area contributed by atoms with Gasteiger partial charge in [0.15, 0.2) is 0 Å². The molecule has 1 aromatic carbocycles. The molecule has 2 atom stereocenters. The summed E-state index contributed by atoms with van der Waals surface area (Å²) in [6.45, 7) is 3.91. The Morgan fingerprint density at radius 3 is 2.82 bits per heavy atom. The largest absolute Gasteiger partial charge is 0.416 e. The molecule has 1 aliphatic heterocycles. The molecule has 1 amide bonds. The van der Waals surface area contributed by atoms with E-state index in [1.54, 1.807) is 34.2 Å². The second-order valence-electron chi connectivity index (χ2n) is 7.54. The number of aromatic nitrogens is 4. The van der Waals surface area contributed by atoms with E-state index in [4.69, 9.17) is 16.3 Å². The third kappa shape index (κ3) is 5.23. The second-order valence-corrected chi connectivity index (χ2v) is 7.97. The number of alkyl halides is 3. The lowest BCUT2D eigenvalue weighted by Crippen LogP contribution is -2.28. The molecule has 0 bridgehead atoms. The van der Waals surface area contributed by atoms with Gasteiger partial charge in [0.25, 0.3) is 0 Å². The highest BCUT2D eigenvalue weighted by Gasteiger charge is 2.38. The predicted octanol–water partition coefficient (Wildman–Crippen LogP) is 4.17. The van der Waals surface area contributed by atoms with Crippen LogP contribution in [0.15, 0.2) is 61.6 Å². The summed E-state index contributed by atoms with van der Waals surface area (Å²) in [4.78, 5) is 17.8. The van der Waals surface area contributed by atoms with Crippen molar-refractivity contribution in [1.82, 2.24) is 24.9 Å². The van der Waals surface area contributed by atoms with Gasteiger partial charge in [0.05, 0.1) is 30.5 Å². The summed E-state index contributed by atoms with van der Waals surface area (Å²) in [5, 5.41) is 8.33. The lowest BCUT2D eigenvalue weighted by molar-refractivity contribution is -0.137. The third-order valence-electron chi connectivity index (χ3n) is 5.28. The number of halogens is 4. The quantitative estimate of drug-likeness (QED) is 0.498. The first-order valence-corrected chi connectivity index (χ1v) is 10.3. The Balaban J connectivity index is 1.55. The first-order valence-electron chi connectivity index (χ1n) is 9.96. The molecule has 1 aliphatic rings. The Hall–Kier alpha value is -3.24. The van der Waals surface area contributed by atoms with Crippen LogP contribution < -0.4 is 0 Å². The summed E-state index contributed by atoms with van der Waals surface area (Å²) in [6.07, 6.45) is 1.17. The van der Waals surface area contributed by atoms with E-state index in [1.165, 1.54) is 12.1 Å². The molecule has 3 heterocycles. The summed E-state index contributed by atoms with van der Waals surface area (Å²) >= 11 is 5.87. The van der Waals surface area contributed by atoms with Gasteiger partial charge in [-0.05, 0) is 42.0 Å². The third-order valence-corrected chi connectivity index (χ3v) is 5.50. The van der Waals surface area contributed by atoms with Crippen molar-refractivity contribution < 1.29 is 22.7 Å². The first kappa shape index (κ1) is 22.9. The Bertz CT molecular complexity index is 1150. The number of hydrogen-bond donors (Lipinski definition) is 0. The van der Waals surface area contributed by atoms with Crippen LogP contribution in [0.3, 0.4) is 0 Å². The number of amides is 1. The number of hydrogen-bond acceptors (Lipinski definition) is 5. The number of benzene rings is 1. The Labute approximate surface area is 192 Å². The number of likely N-dealkylation sites (tertiary alicyclic amines) is 1. The van der Waals surface area contributed by atoms with Crippen LogP contribution in [0.2, 0.25) is 5.02 Å². The smallest absolute Gasteiger partial charge is 0.369 e. The molecule has 7 nitrogen and oxygen atoms in total. The zero-order valence-corrected chi connectivity index (χ0v) is 18.0. The molecule has 0 spiro atoms. The van der Waals surface area contributed by atoms with Gasteiger partial charge in [-0.3, -0.25) is 9.78 Å². The molecule has 0 saturated carbocycles. The minimum absolute atomic E-state index is 0.0350. The molecule has 0 aliphatic carbocycles. The standard InChI is InChI=1S/C22H19ClF3N5O2/c1-2-21(32)30-11-19(31-10-18(28-29-31)15-4-3-5-27-9-15)20(12-30)33-13-14-6-16(22(24,25)26)8-17(23)7-14/h2-10,19-20H,1,11-13H2/t19-,20-/m1/s1. The molecule has 3 aromatic rings. The van der Waals surface area contributed by atoms with E-state index in [-0.39, 0.29) is 36.2 Å². The van der Waals surface area contributed by atoms with E-state index < -0.39 is 23.9 Å². The molecule has 0 N–H and O–H groups in total. The monoisotopic (exact) mass is 477 g/mol. The van der Waals surface area contributed by atoms with Crippen molar-refractivity contribution >= 4 is 17.5 Å². The fourth-order valence-electron chi connectivity index (χ4n) is 3.67. The molecule has 0 unspecified atom stereocenters. The van der Waals surface area contributed by atoms with E-state index in [2.05, 4.69) is 21.9 Å². The van der Waals surface area contributed by atoms with Crippen molar-refractivity contribution in [3.63, 3.8) is 0 Å². The number of ether oxygens (including phenoxy) is 1. The minimum Gasteiger partial charge on any atom is -0.369 e. The van der Waals surface area contributed by atoms with E-state index in [0.717, 1.165) is 17.7 Å². The lowest BCUT2D eigenvalue weighted by atomic mass is 10.1. The van der Waals surface area contributed by atoms with Gasteiger partial charge in [-0.15, -0.1) is 5.10 Å². The van der Waals surface area contributed by atoms with Crippen LogP contribution in [0.25, 0.3) is 11.3 Å². The SMILES string of the molecule is C=CC(=O)N1C[C@@H](n2cc(-c3cccnc3)nn2)[C@H](OCc2cc(Cl)cc(C(F)(F)F)c2)C1. The summed E-state index contributed by atoms with van der Waals surface area (Å²) in [5.41, 5.74) is 0.797. The maximum absolute atomic E-state index is 13.1. The molecular weight excluding hydrogens is 459 g/mol. The summed E-state index contributed by atoms with van der Waals surface area (Å²) < 4.78 is 46.9. The van der Waals surface area contributed by atoms with E-state index in [1.807, 2.05) is 6.07 Å². The van der Waals surface area contributed by atoms with Gasteiger partial charge < -0.3 is 9.64 Å². The van der Waals surface area contributed by atoms with Gasteiger partial charge in [0, 0.05) is 36.1 Å². The van der Waals surface area contributed by atoms with Crippen LogP contribution in [-0.2, 0) is 22.3 Å². The predicted molar refractivity (Wildman–Crippen MR) is 114 cm³/mol. The molecule has 11 heteroatoms. The van der Waals surface area contributed by atoms with Crippen LogP contribution >= 0.6 is 11.6 Å². The molecule has 2 aromatic heterocycles. The molecule has 4 rings (SSSR count). The lowest BCUT2D eigenvalue weighted by Gasteiger charge is -2.19. The Morgan fingerprint density at radius 2 is 2.12 bits per heavy atom. The van der Waals surface area contributed by atoms with Crippen molar-refractivity contribution in [1.29, 1.82) is 0 Å². The fourth-order valence-corrected chi connectivity index (χ4v) is 3.93. The van der Waals surface area contributed by atoms with Crippen molar-refractivity contribution in [2.75, 3.05) is 13.1 Å². The summed E-state index contributed by atoms with van der Waals surface area (Å²) in [6, 6.07) is 6.51. The zero-order chi connectivity index (χ0) is 23.6. The van der Waals surface area contributed by atoms with Crippen LogP contribution in [0.5, 0.6) is 0 Å². The van der Waals surface area contributed by atoms with Gasteiger partial charge in [0.2, 0.25) is 5.91 Å². The molecule has 1 saturated heterocycles. The highest BCUT2D eigenvalue weighted by molar-refractivity contribution is 6.30. The molecular formula is C22H19ClF3N5O2. The number of carbonyl (C=O) groups excluding carboxylic acids is 1. The van der Waals surface area contributed by atoms with Crippen molar-refractivity contribution in [2.24, 2.45) is 0 Å². The van der Waals surface area contributed by atoms with Crippen molar-refractivity contribution in [3.8, 4) is 11.3 Å². The highest BCUT2D eigenvalue weighted by Crippen LogP contribution is 2.33. The normalized spacial score (nSPS) is 18.5. The number of nitrogens with zero attached hydrogens (tertiary/aromatic N) is 5. The topological polar surface area (TPSA) is 73.1 Å². The van der Waals surface area contributed by atoms with Crippen LogP contribution in [0.4, 0.5) is 13.2 Å². The van der Waals surface area contributed by atoms with Crippen LogP contribution in [0.1, 0.15) is 17.2 Å². The molecule has 1 fully saturated rings. The number of pyridine rings is 1. The van der Waals surface area contributed by atoms with E-state index in [9.17, 15) is 18.0 Å². The maximum atomic E-state index is 13.1. The Kier molecular flexibility index (Phi) is 6.48.